The topological polar surface area (TPSA) is 44.5 Å². The van der Waals surface area contributed by atoms with E-state index in [0.717, 1.165) is 29.2 Å². The predicted molar refractivity (Wildman–Crippen MR) is 74.2 cm³/mol. The van der Waals surface area contributed by atoms with Crippen LogP contribution >= 0.6 is 11.8 Å². The molecule has 0 radical (unpaired) electrons. The van der Waals surface area contributed by atoms with Crippen LogP contribution in [-0.2, 0) is 6.42 Å². The molecule has 0 aliphatic heterocycles. The van der Waals surface area contributed by atoms with Crippen molar-refractivity contribution >= 4 is 11.8 Å². The maximum atomic E-state index is 5.83. The third-order valence-corrected chi connectivity index (χ3v) is 2.94. The highest BCUT2D eigenvalue weighted by atomic mass is 32.2. The predicted octanol–water partition coefficient (Wildman–Crippen LogP) is 2.33. The molecule has 3 nitrogen and oxygen atoms in total. The van der Waals surface area contributed by atoms with Crippen LogP contribution in [0.3, 0.4) is 0 Å². The van der Waals surface area contributed by atoms with E-state index in [-0.39, 0.29) is 6.04 Å². The number of hydrogen-bond donors (Lipinski definition) is 1. The lowest BCUT2D eigenvalue weighted by Crippen LogP contribution is -2.18. The average Bonchev–Trinajstić information content (AvgIpc) is 2.30. The molecule has 96 valence electrons. The molecule has 0 aliphatic carbocycles. The molecule has 0 spiro atoms. The summed E-state index contributed by atoms with van der Waals surface area (Å²) in [5, 5.41) is 0. The van der Waals surface area contributed by atoms with Crippen molar-refractivity contribution < 1.29 is 9.47 Å². The van der Waals surface area contributed by atoms with Crippen molar-refractivity contribution in [1.82, 2.24) is 0 Å². The number of nitrogens with two attached hydrogens (primary N) is 1. The van der Waals surface area contributed by atoms with Crippen molar-refractivity contribution in [3.05, 3.63) is 23.8 Å². The summed E-state index contributed by atoms with van der Waals surface area (Å²) >= 11 is 1.77. The van der Waals surface area contributed by atoms with Crippen LogP contribution in [0, 0.1) is 0 Å². The molecule has 1 aromatic carbocycles. The van der Waals surface area contributed by atoms with E-state index in [4.69, 9.17) is 15.2 Å². The molecular formula is C13H21NO2S. The van der Waals surface area contributed by atoms with Gasteiger partial charge in [0.15, 0.2) is 0 Å². The van der Waals surface area contributed by atoms with Gasteiger partial charge in [0.1, 0.15) is 11.5 Å². The van der Waals surface area contributed by atoms with Crippen molar-refractivity contribution in [2.75, 3.05) is 25.7 Å². The lowest BCUT2D eigenvalue weighted by atomic mass is 10.1. The normalized spacial score (nSPS) is 12.2. The van der Waals surface area contributed by atoms with E-state index in [0.29, 0.717) is 6.61 Å². The molecule has 4 heteroatoms. The van der Waals surface area contributed by atoms with E-state index in [9.17, 15) is 0 Å². The highest BCUT2D eigenvalue weighted by molar-refractivity contribution is 7.98. The fourth-order valence-electron chi connectivity index (χ4n) is 1.55. The van der Waals surface area contributed by atoms with Gasteiger partial charge in [0.25, 0.3) is 0 Å². The van der Waals surface area contributed by atoms with Crippen LogP contribution in [0.1, 0.15) is 12.5 Å². The summed E-state index contributed by atoms with van der Waals surface area (Å²) in [6.45, 7) is 2.70. The Kier molecular flexibility index (Phi) is 6.22. The smallest absolute Gasteiger partial charge is 0.126 e. The molecule has 0 saturated carbocycles. The molecule has 2 N–H and O–H groups in total. The second-order valence-corrected chi connectivity index (χ2v) is 4.98. The third-order valence-electron chi connectivity index (χ3n) is 2.36. The molecule has 1 atom stereocenters. The zero-order valence-corrected chi connectivity index (χ0v) is 11.5. The van der Waals surface area contributed by atoms with Gasteiger partial charge in [-0.1, -0.05) is 6.07 Å². The van der Waals surface area contributed by atoms with Gasteiger partial charge in [-0.2, -0.15) is 11.8 Å². The van der Waals surface area contributed by atoms with Gasteiger partial charge in [-0.25, -0.2) is 0 Å². The van der Waals surface area contributed by atoms with E-state index in [1.807, 2.05) is 25.1 Å². The van der Waals surface area contributed by atoms with E-state index in [1.54, 1.807) is 18.9 Å². The number of ether oxygens (including phenoxy) is 2. The van der Waals surface area contributed by atoms with Gasteiger partial charge < -0.3 is 15.2 Å². The minimum atomic E-state index is 0.131. The summed E-state index contributed by atoms with van der Waals surface area (Å²) in [5.74, 6) is 2.68. The van der Waals surface area contributed by atoms with Crippen LogP contribution in [0.2, 0.25) is 0 Å². The summed E-state index contributed by atoms with van der Waals surface area (Å²) in [5.41, 5.74) is 6.97. The summed E-state index contributed by atoms with van der Waals surface area (Å²) in [6.07, 6.45) is 2.89. The first kappa shape index (κ1) is 14.2. The van der Waals surface area contributed by atoms with E-state index >= 15 is 0 Å². The Labute approximate surface area is 108 Å². The number of benzene rings is 1. The molecule has 1 aromatic rings. The fraction of sp³-hybridized carbons (Fsp3) is 0.538. The monoisotopic (exact) mass is 255 g/mol. The number of hydrogen-bond acceptors (Lipinski definition) is 4. The van der Waals surface area contributed by atoms with Gasteiger partial charge in [0.05, 0.1) is 13.7 Å². The van der Waals surface area contributed by atoms with Crippen molar-refractivity contribution in [2.24, 2.45) is 5.73 Å². The van der Waals surface area contributed by atoms with E-state index in [1.165, 1.54) is 0 Å². The quantitative estimate of drug-likeness (QED) is 0.760. The first-order valence-corrected chi connectivity index (χ1v) is 7.11. The minimum Gasteiger partial charge on any atom is -0.497 e. The molecule has 1 unspecified atom stereocenters. The summed E-state index contributed by atoms with van der Waals surface area (Å²) in [4.78, 5) is 0. The van der Waals surface area contributed by atoms with Crippen LogP contribution in [-0.4, -0.2) is 31.8 Å². The summed E-state index contributed by atoms with van der Waals surface area (Å²) in [7, 11) is 1.66. The third kappa shape index (κ3) is 4.88. The minimum absolute atomic E-state index is 0.131. The number of methoxy groups -OCH3 is 1. The average molecular weight is 255 g/mol. The maximum Gasteiger partial charge on any atom is 0.126 e. The first-order chi connectivity index (χ1) is 8.17. The standard InChI is InChI=1S/C13H21NO2S/c1-10(14)8-11-4-5-12(15-2)9-13(11)16-6-7-17-3/h4-5,9-10H,6-8,14H2,1-3H3. The summed E-state index contributed by atoms with van der Waals surface area (Å²) < 4.78 is 11.0. The SMILES string of the molecule is COc1ccc(CC(C)N)c(OCCSC)c1. The molecule has 17 heavy (non-hydrogen) atoms. The van der Waals surface area contributed by atoms with Crippen LogP contribution in [0.5, 0.6) is 11.5 Å². The lowest BCUT2D eigenvalue weighted by Gasteiger charge is -2.14. The maximum absolute atomic E-state index is 5.83. The molecule has 0 aliphatic rings. The second kappa shape index (κ2) is 7.45. The van der Waals surface area contributed by atoms with Crippen molar-refractivity contribution in [3.63, 3.8) is 0 Å². The fourth-order valence-corrected chi connectivity index (χ4v) is 1.80. The number of thioether (sulfide) groups is 1. The molecule has 0 fully saturated rings. The number of rotatable bonds is 7. The van der Waals surface area contributed by atoms with Crippen LogP contribution in [0.4, 0.5) is 0 Å². The largest absolute Gasteiger partial charge is 0.497 e. The highest BCUT2D eigenvalue weighted by Gasteiger charge is 2.08. The summed E-state index contributed by atoms with van der Waals surface area (Å²) in [6, 6.07) is 6.03. The van der Waals surface area contributed by atoms with E-state index < -0.39 is 0 Å². The second-order valence-electron chi connectivity index (χ2n) is 4.00. The Morgan fingerprint density at radius 3 is 2.76 bits per heavy atom. The molecule has 0 saturated heterocycles. The van der Waals surface area contributed by atoms with Gasteiger partial charge in [0.2, 0.25) is 0 Å². The van der Waals surface area contributed by atoms with Gasteiger partial charge in [0, 0.05) is 17.9 Å². The van der Waals surface area contributed by atoms with Gasteiger partial charge in [-0.05, 0) is 31.2 Å². The van der Waals surface area contributed by atoms with Crippen molar-refractivity contribution in [2.45, 2.75) is 19.4 Å². The van der Waals surface area contributed by atoms with Gasteiger partial charge >= 0.3 is 0 Å². The molecule has 0 aromatic heterocycles. The Bertz CT molecular complexity index is 342. The van der Waals surface area contributed by atoms with Crippen molar-refractivity contribution in [1.29, 1.82) is 0 Å². The Balaban J connectivity index is 2.79. The highest BCUT2D eigenvalue weighted by Crippen LogP contribution is 2.26. The Morgan fingerprint density at radius 1 is 1.41 bits per heavy atom. The van der Waals surface area contributed by atoms with Crippen LogP contribution in [0.15, 0.2) is 18.2 Å². The van der Waals surface area contributed by atoms with Crippen molar-refractivity contribution in [3.8, 4) is 11.5 Å². The molecule has 0 amide bonds. The van der Waals surface area contributed by atoms with Crippen LogP contribution in [0.25, 0.3) is 0 Å². The molecule has 1 rings (SSSR count). The Hall–Kier alpha value is -0.870. The molecule has 0 bridgehead atoms. The van der Waals surface area contributed by atoms with Crippen LogP contribution < -0.4 is 15.2 Å². The zero-order valence-electron chi connectivity index (χ0n) is 10.7. The first-order valence-electron chi connectivity index (χ1n) is 5.71. The zero-order chi connectivity index (χ0) is 12.7. The van der Waals surface area contributed by atoms with Gasteiger partial charge in [-0.3, -0.25) is 0 Å². The van der Waals surface area contributed by atoms with Gasteiger partial charge in [-0.15, -0.1) is 0 Å². The molecule has 0 heterocycles. The van der Waals surface area contributed by atoms with E-state index in [2.05, 4.69) is 6.26 Å². The Morgan fingerprint density at radius 2 is 2.18 bits per heavy atom. The lowest BCUT2D eigenvalue weighted by molar-refractivity contribution is 0.335. The molecular weight excluding hydrogens is 234 g/mol.